The van der Waals surface area contributed by atoms with E-state index < -0.39 is 0 Å². The Balaban J connectivity index is 1.53. The summed E-state index contributed by atoms with van der Waals surface area (Å²) in [6, 6.07) is 5.96. The summed E-state index contributed by atoms with van der Waals surface area (Å²) in [5.41, 5.74) is 1.46. The molecule has 0 radical (unpaired) electrons. The summed E-state index contributed by atoms with van der Waals surface area (Å²) in [6.45, 7) is 7.32. The average molecular weight is 326 g/mol. The Morgan fingerprint density at radius 2 is 2.04 bits per heavy atom. The van der Waals surface area contributed by atoms with Crippen LogP contribution in [0, 0.1) is 0 Å². The van der Waals surface area contributed by atoms with Gasteiger partial charge in [-0.1, -0.05) is 6.07 Å². The number of carbonyl (C=O) groups excluding carboxylic acids is 1. The van der Waals surface area contributed by atoms with Crippen molar-refractivity contribution >= 4 is 11.4 Å². The van der Waals surface area contributed by atoms with Crippen LogP contribution < -0.4 is 5.32 Å². The summed E-state index contributed by atoms with van der Waals surface area (Å²) in [4.78, 5) is 19.9. The van der Waals surface area contributed by atoms with Crippen LogP contribution in [0.4, 0.5) is 0 Å². The van der Waals surface area contributed by atoms with Crippen LogP contribution in [-0.4, -0.2) is 45.4 Å². The number of hydrogen-bond acceptors (Lipinski definition) is 3. The van der Waals surface area contributed by atoms with E-state index in [1.54, 1.807) is 0 Å². The molecular formula is C19H26N4O. The minimum absolute atomic E-state index is 0.0129. The molecule has 1 saturated heterocycles. The lowest BCUT2D eigenvalue weighted by atomic mass is 10.0. The molecule has 5 heteroatoms. The van der Waals surface area contributed by atoms with E-state index in [1.165, 1.54) is 25.7 Å². The lowest BCUT2D eigenvalue weighted by Crippen LogP contribution is -2.50. The van der Waals surface area contributed by atoms with Crippen molar-refractivity contribution in [3.8, 4) is 0 Å². The quantitative estimate of drug-likeness (QED) is 0.919. The molecule has 1 amide bonds. The topological polar surface area (TPSA) is 49.6 Å². The molecule has 1 N–H and O–H groups in total. The number of nitrogens with one attached hydrogen (secondary N) is 1. The van der Waals surface area contributed by atoms with Crippen LogP contribution in [0.1, 0.15) is 61.8 Å². The SMILES string of the molecule is CC(C)(CNC(=O)c1nc(C2CC2)n2ccccc12)N1CCCC1. The highest BCUT2D eigenvalue weighted by Gasteiger charge is 2.32. The summed E-state index contributed by atoms with van der Waals surface area (Å²) < 4.78 is 2.08. The molecule has 0 unspecified atom stereocenters. The number of pyridine rings is 1. The van der Waals surface area contributed by atoms with Crippen molar-refractivity contribution in [2.45, 2.75) is 51.0 Å². The molecule has 128 valence electrons. The normalized spacial score (nSPS) is 19.1. The molecule has 4 rings (SSSR count). The second kappa shape index (κ2) is 5.88. The van der Waals surface area contributed by atoms with Crippen molar-refractivity contribution in [1.29, 1.82) is 0 Å². The first-order valence-corrected chi connectivity index (χ1v) is 9.06. The first-order valence-electron chi connectivity index (χ1n) is 9.06. The van der Waals surface area contributed by atoms with E-state index in [9.17, 15) is 4.79 Å². The van der Waals surface area contributed by atoms with E-state index >= 15 is 0 Å². The number of nitrogens with zero attached hydrogens (tertiary/aromatic N) is 3. The fraction of sp³-hybridized carbons (Fsp3) is 0.579. The number of hydrogen-bond donors (Lipinski definition) is 1. The lowest BCUT2D eigenvalue weighted by molar-refractivity contribution is 0.0899. The second-order valence-electron chi connectivity index (χ2n) is 7.74. The molecule has 0 spiro atoms. The second-order valence-corrected chi connectivity index (χ2v) is 7.74. The zero-order valence-electron chi connectivity index (χ0n) is 14.6. The van der Waals surface area contributed by atoms with Crippen LogP contribution in [-0.2, 0) is 0 Å². The van der Waals surface area contributed by atoms with Crippen LogP contribution in [0.15, 0.2) is 24.4 Å². The molecule has 2 aromatic rings. The van der Waals surface area contributed by atoms with Gasteiger partial charge in [0.05, 0.1) is 5.52 Å². The molecule has 24 heavy (non-hydrogen) atoms. The molecule has 0 bridgehead atoms. The number of imidazole rings is 1. The Labute approximate surface area is 143 Å². The Kier molecular flexibility index (Phi) is 3.83. The van der Waals surface area contributed by atoms with E-state index in [2.05, 4.69) is 33.4 Å². The molecule has 2 aliphatic rings. The van der Waals surface area contributed by atoms with Crippen LogP contribution in [0.5, 0.6) is 0 Å². The number of fused-ring (bicyclic) bond motifs is 1. The molecule has 2 aromatic heterocycles. The first kappa shape index (κ1) is 15.6. The summed E-state index contributed by atoms with van der Waals surface area (Å²) in [6.07, 6.45) is 6.89. The minimum atomic E-state index is -0.0575. The molecule has 3 heterocycles. The van der Waals surface area contributed by atoms with Crippen LogP contribution in [0.3, 0.4) is 0 Å². The van der Waals surface area contributed by atoms with Crippen LogP contribution in [0.2, 0.25) is 0 Å². The van der Waals surface area contributed by atoms with Gasteiger partial charge in [0.2, 0.25) is 0 Å². The van der Waals surface area contributed by atoms with Crippen LogP contribution >= 0.6 is 0 Å². The molecule has 1 saturated carbocycles. The molecule has 2 fully saturated rings. The Morgan fingerprint density at radius 1 is 1.29 bits per heavy atom. The summed E-state index contributed by atoms with van der Waals surface area (Å²) in [5.74, 6) is 1.50. The molecule has 5 nitrogen and oxygen atoms in total. The molecular weight excluding hydrogens is 300 g/mol. The molecule has 1 aliphatic heterocycles. The number of likely N-dealkylation sites (tertiary alicyclic amines) is 1. The summed E-state index contributed by atoms with van der Waals surface area (Å²) >= 11 is 0. The van der Waals surface area contributed by atoms with Gasteiger partial charge in [0.25, 0.3) is 5.91 Å². The van der Waals surface area contributed by atoms with Crippen LogP contribution in [0.25, 0.3) is 5.52 Å². The average Bonchev–Trinajstić information content (AvgIpc) is 3.13. The van der Waals surface area contributed by atoms with Gasteiger partial charge in [0.15, 0.2) is 5.69 Å². The maximum absolute atomic E-state index is 12.8. The van der Waals surface area contributed by atoms with Crippen molar-refractivity contribution in [3.63, 3.8) is 0 Å². The number of rotatable bonds is 5. The lowest BCUT2D eigenvalue weighted by Gasteiger charge is -2.35. The van der Waals surface area contributed by atoms with Gasteiger partial charge in [-0.15, -0.1) is 0 Å². The van der Waals surface area contributed by atoms with Gasteiger partial charge >= 0.3 is 0 Å². The van der Waals surface area contributed by atoms with Gasteiger partial charge in [-0.2, -0.15) is 0 Å². The highest BCUT2D eigenvalue weighted by Crippen LogP contribution is 2.40. The Morgan fingerprint density at radius 3 is 2.75 bits per heavy atom. The highest BCUT2D eigenvalue weighted by molar-refractivity contribution is 5.99. The van der Waals surface area contributed by atoms with Gasteiger partial charge in [0, 0.05) is 24.2 Å². The Bertz CT molecular complexity index is 754. The third kappa shape index (κ3) is 2.81. The number of carbonyl (C=O) groups is 1. The number of amides is 1. The van der Waals surface area contributed by atoms with Gasteiger partial charge in [-0.25, -0.2) is 4.98 Å². The third-order valence-electron chi connectivity index (χ3n) is 5.38. The van der Waals surface area contributed by atoms with E-state index in [1.807, 2.05) is 24.4 Å². The highest BCUT2D eigenvalue weighted by atomic mass is 16.1. The van der Waals surface area contributed by atoms with E-state index in [0.717, 1.165) is 24.4 Å². The maximum Gasteiger partial charge on any atom is 0.272 e. The van der Waals surface area contributed by atoms with Crippen molar-refractivity contribution < 1.29 is 4.79 Å². The molecule has 0 aromatic carbocycles. The maximum atomic E-state index is 12.8. The van der Waals surface area contributed by atoms with Crippen molar-refractivity contribution in [1.82, 2.24) is 19.6 Å². The monoisotopic (exact) mass is 326 g/mol. The number of aromatic nitrogens is 2. The van der Waals surface area contributed by atoms with Crippen molar-refractivity contribution in [3.05, 3.63) is 35.9 Å². The minimum Gasteiger partial charge on any atom is -0.349 e. The third-order valence-corrected chi connectivity index (χ3v) is 5.38. The van der Waals surface area contributed by atoms with E-state index in [0.29, 0.717) is 18.2 Å². The fourth-order valence-electron chi connectivity index (χ4n) is 3.67. The largest absolute Gasteiger partial charge is 0.349 e. The predicted molar refractivity (Wildman–Crippen MR) is 94.4 cm³/mol. The zero-order chi connectivity index (χ0) is 16.7. The summed E-state index contributed by atoms with van der Waals surface area (Å²) in [7, 11) is 0. The smallest absolute Gasteiger partial charge is 0.272 e. The van der Waals surface area contributed by atoms with E-state index in [4.69, 9.17) is 0 Å². The predicted octanol–water partition coefficient (Wildman–Crippen LogP) is 2.82. The fourth-order valence-corrected chi connectivity index (χ4v) is 3.67. The van der Waals surface area contributed by atoms with Crippen molar-refractivity contribution in [2.24, 2.45) is 0 Å². The first-order chi connectivity index (χ1) is 11.6. The van der Waals surface area contributed by atoms with Gasteiger partial charge < -0.3 is 9.72 Å². The van der Waals surface area contributed by atoms with Crippen molar-refractivity contribution in [2.75, 3.05) is 19.6 Å². The summed E-state index contributed by atoms with van der Waals surface area (Å²) in [5, 5.41) is 3.12. The Hall–Kier alpha value is -1.88. The zero-order valence-corrected chi connectivity index (χ0v) is 14.6. The molecule has 0 atom stereocenters. The van der Waals surface area contributed by atoms with Gasteiger partial charge in [-0.05, 0) is 64.8 Å². The standard InChI is InChI=1S/C19H26N4O/c1-19(2,22-10-5-6-11-22)13-20-18(24)16-15-7-3-4-12-23(15)17(21-16)14-8-9-14/h3-4,7,12,14H,5-6,8-11,13H2,1-2H3,(H,20,24). The van der Waals surface area contributed by atoms with E-state index in [-0.39, 0.29) is 11.4 Å². The van der Waals surface area contributed by atoms with Gasteiger partial charge in [0.1, 0.15) is 5.82 Å². The van der Waals surface area contributed by atoms with Gasteiger partial charge in [-0.3, -0.25) is 9.69 Å². The molecule has 1 aliphatic carbocycles.